The summed E-state index contributed by atoms with van der Waals surface area (Å²) in [6.45, 7) is 0. The molecule has 0 aliphatic heterocycles. The zero-order chi connectivity index (χ0) is 14.5. The molecule has 0 fully saturated rings. The lowest BCUT2D eigenvalue weighted by Crippen LogP contribution is -2.28. The third kappa shape index (κ3) is 6.13. The van der Waals surface area contributed by atoms with Crippen LogP contribution >= 0.6 is 23.2 Å². The summed E-state index contributed by atoms with van der Waals surface area (Å²) in [4.78, 5) is 0. The van der Waals surface area contributed by atoms with Crippen molar-refractivity contribution < 1.29 is 8.42 Å². The van der Waals surface area contributed by atoms with Crippen molar-refractivity contribution in [2.24, 2.45) is 0 Å². The summed E-state index contributed by atoms with van der Waals surface area (Å²) in [7, 11) is -1.04. The molecular formula is C13H19Cl2NO2S. The molecule has 1 aromatic carbocycles. The monoisotopic (exact) mass is 323 g/mol. The minimum atomic E-state index is -2.90. The third-order valence-corrected chi connectivity index (χ3v) is 4.73. The van der Waals surface area contributed by atoms with E-state index in [1.165, 1.54) is 6.26 Å². The summed E-state index contributed by atoms with van der Waals surface area (Å²) >= 11 is 12.3. The van der Waals surface area contributed by atoms with E-state index < -0.39 is 9.84 Å². The van der Waals surface area contributed by atoms with Crippen LogP contribution < -0.4 is 5.32 Å². The number of halogens is 2. The number of nitrogens with one attached hydrogen (secondary N) is 1. The lowest BCUT2D eigenvalue weighted by atomic mass is 10.0. The van der Waals surface area contributed by atoms with Crippen molar-refractivity contribution in [1.82, 2.24) is 5.32 Å². The zero-order valence-corrected chi connectivity index (χ0v) is 13.4. The maximum absolute atomic E-state index is 11.1. The molecule has 108 valence electrons. The Morgan fingerprint density at radius 3 is 2.32 bits per heavy atom. The normalized spacial score (nSPS) is 13.5. The van der Waals surface area contributed by atoms with Crippen LogP contribution in [0.2, 0.25) is 10.0 Å². The Bertz CT molecular complexity index is 497. The molecule has 0 radical (unpaired) electrons. The van der Waals surface area contributed by atoms with Gasteiger partial charge in [0.25, 0.3) is 0 Å². The first-order chi connectivity index (χ1) is 8.83. The first-order valence-electron chi connectivity index (χ1n) is 6.11. The molecule has 6 heteroatoms. The Kier molecular flexibility index (Phi) is 6.60. The fourth-order valence-electron chi connectivity index (χ4n) is 1.91. The van der Waals surface area contributed by atoms with Crippen molar-refractivity contribution in [3.05, 3.63) is 33.8 Å². The molecule has 19 heavy (non-hydrogen) atoms. The highest BCUT2D eigenvalue weighted by Crippen LogP contribution is 2.26. The van der Waals surface area contributed by atoms with E-state index in [0.717, 1.165) is 12.0 Å². The Hall–Kier alpha value is -0.290. The van der Waals surface area contributed by atoms with Crippen LogP contribution in [0.3, 0.4) is 0 Å². The number of hydrogen-bond donors (Lipinski definition) is 1. The summed E-state index contributed by atoms with van der Waals surface area (Å²) in [5.74, 6) is 0.210. The molecule has 1 atom stereocenters. The van der Waals surface area contributed by atoms with E-state index >= 15 is 0 Å². The van der Waals surface area contributed by atoms with Crippen LogP contribution in [0.25, 0.3) is 0 Å². The van der Waals surface area contributed by atoms with Gasteiger partial charge in [0.15, 0.2) is 0 Å². The Balaban J connectivity index is 2.62. The highest BCUT2D eigenvalue weighted by Gasteiger charge is 2.13. The van der Waals surface area contributed by atoms with Crippen LogP contribution in [0.4, 0.5) is 0 Å². The van der Waals surface area contributed by atoms with Crippen molar-refractivity contribution in [1.29, 1.82) is 0 Å². The highest BCUT2D eigenvalue weighted by atomic mass is 35.5. The summed E-state index contributed by atoms with van der Waals surface area (Å²) in [6.07, 6.45) is 3.35. The van der Waals surface area contributed by atoms with E-state index in [2.05, 4.69) is 5.32 Å². The summed E-state index contributed by atoms with van der Waals surface area (Å²) < 4.78 is 22.2. The van der Waals surface area contributed by atoms with E-state index in [0.29, 0.717) is 22.9 Å². The molecule has 0 aliphatic carbocycles. The van der Waals surface area contributed by atoms with Gasteiger partial charge < -0.3 is 5.32 Å². The van der Waals surface area contributed by atoms with Crippen LogP contribution in [-0.2, 0) is 16.3 Å². The third-order valence-electron chi connectivity index (χ3n) is 2.99. The standard InChI is InChI=1S/C13H19Cl2NO2S/c1-16-10(5-4-8-19(2,17)18)9-11-12(14)6-3-7-13(11)15/h3,6-7,10,16H,4-5,8-9H2,1-2H3. The van der Waals surface area contributed by atoms with Crippen LogP contribution in [0.5, 0.6) is 0 Å². The van der Waals surface area contributed by atoms with E-state index in [9.17, 15) is 8.42 Å². The van der Waals surface area contributed by atoms with E-state index in [1.54, 1.807) is 0 Å². The number of likely N-dealkylation sites (N-methyl/N-ethyl adjacent to an activating group) is 1. The Morgan fingerprint density at radius 1 is 1.26 bits per heavy atom. The SMILES string of the molecule is CNC(CCCS(C)(=O)=O)Cc1c(Cl)cccc1Cl. The minimum Gasteiger partial charge on any atom is -0.317 e. The van der Waals surface area contributed by atoms with Crippen molar-refractivity contribution in [2.45, 2.75) is 25.3 Å². The van der Waals surface area contributed by atoms with Gasteiger partial charge in [-0.05, 0) is 44.0 Å². The van der Waals surface area contributed by atoms with Crippen molar-refractivity contribution >= 4 is 33.0 Å². The number of benzene rings is 1. The van der Waals surface area contributed by atoms with Gasteiger partial charge in [-0.25, -0.2) is 8.42 Å². The molecule has 1 unspecified atom stereocenters. The molecule has 1 aromatic rings. The Morgan fingerprint density at radius 2 is 1.84 bits per heavy atom. The van der Waals surface area contributed by atoms with Gasteiger partial charge in [-0.1, -0.05) is 29.3 Å². The lowest BCUT2D eigenvalue weighted by Gasteiger charge is -2.17. The molecule has 1 N–H and O–H groups in total. The average Bonchev–Trinajstić information content (AvgIpc) is 2.30. The topological polar surface area (TPSA) is 46.2 Å². The first kappa shape index (κ1) is 16.8. The van der Waals surface area contributed by atoms with E-state index in [-0.39, 0.29) is 11.8 Å². The molecule has 0 aliphatic rings. The predicted octanol–water partition coefficient (Wildman–Crippen LogP) is 2.95. The van der Waals surface area contributed by atoms with Gasteiger partial charge in [0.2, 0.25) is 0 Å². The van der Waals surface area contributed by atoms with Crippen LogP contribution in [-0.4, -0.2) is 33.5 Å². The average molecular weight is 324 g/mol. The molecule has 0 saturated carbocycles. The van der Waals surface area contributed by atoms with Gasteiger partial charge in [-0.15, -0.1) is 0 Å². The maximum Gasteiger partial charge on any atom is 0.147 e. The number of sulfone groups is 1. The second-order valence-electron chi connectivity index (χ2n) is 4.66. The van der Waals surface area contributed by atoms with Crippen LogP contribution in [0, 0.1) is 0 Å². The molecule has 0 heterocycles. The minimum absolute atomic E-state index is 0.166. The molecule has 0 spiro atoms. The molecule has 0 saturated heterocycles. The largest absolute Gasteiger partial charge is 0.317 e. The molecule has 3 nitrogen and oxygen atoms in total. The molecular weight excluding hydrogens is 305 g/mol. The summed E-state index contributed by atoms with van der Waals surface area (Å²) in [5.41, 5.74) is 0.907. The summed E-state index contributed by atoms with van der Waals surface area (Å²) in [6, 6.07) is 5.60. The van der Waals surface area contributed by atoms with Gasteiger partial charge >= 0.3 is 0 Å². The van der Waals surface area contributed by atoms with Crippen LogP contribution in [0.1, 0.15) is 18.4 Å². The fourth-order valence-corrected chi connectivity index (χ4v) is 3.16. The van der Waals surface area contributed by atoms with Crippen molar-refractivity contribution in [3.8, 4) is 0 Å². The molecule has 0 aromatic heterocycles. The van der Waals surface area contributed by atoms with E-state index in [4.69, 9.17) is 23.2 Å². The van der Waals surface area contributed by atoms with Crippen LogP contribution in [0.15, 0.2) is 18.2 Å². The van der Waals surface area contributed by atoms with Gasteiger partial charge in [-0.2, -0.15) is 0 Å². The number of rotatable bonds is 7. The van der Waals surface area contributed by atoms with Crippen molar-refractivity contribution in [2.75, 3.05) is 19.1 Å². The van der Waals surface area contributed by atoms with E-state index in [1.807, 2.05) is 25.2 Å². The first-order valence-corrected chi connectivity index (χ1v) is 8.93. The molecule has 1 rings (SSSR count). The molecule has 0 amide bonds. The lowest BCUT2D eigenvalue weighted by molar-refractivity contribution is 0.511. The quantitative estimate of drug-likeness (QED) is 0.839. The van der Waals surface area contributed by atoms with Gasteiger partial charge in [0, 0.05) is 28.1 Å². The van der Waals surface area contributed by atoms with Gasteiger partial charge in [0.05, 0.1) is 0 Å². The molecule has 0 bridgehead atoms. The van der Waals surface area contributed by atoms with Gasteiger partial charge in [0.1, 0.15) is 9.84 Å². The summed E-state index contributed by atoms with van der Waals surface area (Å²) in [5, 5.41) is 4.48. The van der Waals surface area contributed by atoms with Gasteiger partial charge in [-0.3, -0.25) is 0 Å². The smallest absolute Gasteiger partial charge is 0.147 e. The zero-order valence-electron chi connectivity index (χ0n) is 11.1. The highest BCUT2D eigenvalue weighted by molar-refractivity contribution is 7.90. The predicted molar refractivity (Wildman–Crippen MR) is 82.0 cm³/mol. The van der Waals surface area contributed by atoms with Crippen molar-refractivity contribution in [3.63, 3.8) is 0 Å². The maximum atomic E-state index is 11.1. The fraction of sp³-hybridized carbons (Fsp3) is 0.538. The Labute approximate surface area is 125 Å². The second-order valence-corrected chi connectivity index (χ2v) is 7.74. The second kappa shape index (κ2) is 7.48. The number of hydrogen-bond acceptors (Lipinski definition) is 3.